The lowest BCUT2D eigenvalue weighted by atomic mass is 9.46. The van der Waals surface area contributed by atoms with Crippen molar-refractivity contribution in [1.82, 2.24) is 9.80 Å². The van der Waals surface area contributed by atoms with Gasteiger partial charge in [0.1, 0.15) is 0 Å². The van der Waals surface area contributed by atoms with Crippen LogP contribution in [0.3, 0.4) is 0 Å². The van der Waals surface area contributed by atoms with E-state index in [9.17, 15) is 0 Å². The molecule has 0 bridgehead atoms. The zero-order valence-corrected chi connectivity index (χ0v) is 20.6. The van der Waals surface area contributed by atoms with Gasteiger partial charge in [0.05, 0.1) is 0 Å². The lowest BCUT2D eigenvalue weighted by Crippen LogP contribution is -2.51. The summed E-state index contributed by atoms with van der Waals surface area (Å²) in [4.78, 5) is 5.72. The van der Waals surface area contributed by atoms with Gasteiger partial charge in [0.15, 0.2) is 0 Å². The maximum absolute atomic E-state index is 2.92. The molecule has 5 fully saturated rings. The number of rotatable bonds is 2. The Morgan fingerprint density at radius 3 is 2.32 bits per heavy atom. The maximum Gasteiger partial charge on any atom is 0.0174 e. The highest BCUT2D eigenvalue weighted by molar-refractivity contribution is 5.20. The second-order valence-electron chi connectivity index (χ2n) is 13.1. The Morgan fingerprint density at radius 2 is 1.55 bits per heavy atom. The van der Waals surface area contributed by atoms with Crippen molar-refractivity contribution >= 4 is 0 Å². The van der Waals surface area contributed by atoms with Crippen molar-refractivity contribution in [3.05, 3.63) is 11.8 Å². The van der Waals surface area contributed by atoms with E-state index in [1.807, 2.05) is 0 Å². The average Bonchev–Trinajstić information content (AvgIpc) is 3.17. The molecule has 4 aliphatic carbocycles. The molecule has 0 aromatic rings. The number of fused-ring (bicyclic) bond motifs is 5. The van der Waals surface area contributed by atoms with E-state index in [1.54, 1.807) is 12.1 Å². The molecule has 2 nitrogen and oxygen atoms in total. The third kappa shape index (κ3) is 3.53. The van der Waals surface area contributed by atoms with E-state index in [1.165, 1.54) is 110 Å². The van der Waals surface area contributed by atoms with Gasteiger partial charge in [-0.05, 0) is 131 Å². The van der Waals surface area contributed by atoms with Crippen LogP contribution in [0.1, 0.15) is 104 Å². The fourth-order valence-electron chi connectivity index (χ4n) is 9.92. The van der Waals surface area contributed by atoms with Gasteiger partial charge >= 0.3 is 0 Å². The molecule has 2 saturated heterocycles. The summed E-state index contributed by atoms with van der Waals surface area (Å²) >= 11 is 0. The van der Waals surface area contributed by atoms with E-state index in [0.29, 0.717) is 10.8 Å². The molecule has 0 amide bonds. The first kappa shape index (κ1) is 21.1. The fourth-order valence-corrected chi connectivity index (χ4v) is 9.92. The molecule has 0 radical (unpaired) electrons. The highest BCUT2D eigenvalue weighted by Crippen LogP contribution is 2.66. The minimum Gasteiger partial charge on any atom is -0.375 e. The van der Waals surface area contributed by atoms with Crippen LogP contribution in [0.5, 0.6) is 0 Å². The van der Waals surface area contributed by atoms with E-state index in [-0.39, 0.29) is 0 Å². The number of hydrogen-bond donors (Lipinski definition) is 0. The second kappa shape index (κ2) is 8.07. The smallest absolute Gasteiger partial charge is 0.0174 e. The molecule has 0 aromatic carbocycles. The summed E-state index contributed by atoms with van der Waals surface area (Å²) in [6, 6.07) is 0.908. The van der Waals surface area contributed by atoms with Crippen LogP contribution in [0.2, 0.25) is 0 Å². The van der Waals surface area contributed by atoms with Crippen LogP contribution in [0.4, 0.5) is 0 Å². The summed E-state index contributed by atoms with van der Waals surface area (Å²) in [6.07, 6.45) is 23.5. The molecule has 2 heterocycles. The minimum absolute atomic E-state index is 0.485. The number of likely N-dealkylation sites (tertiary alicyclic amines) is 2. The zero-order chi connectivity index (χ0) is 21.1. The van der Waals surface area contributed by atoms with Gasteiger partial charge in [-0.25, -0.2) is 0 Å². The largest absolute Gasteiger partial charge is 0.375 e. The first-order valence-corrected chi connectivity index (χ1v) is 14.3. The zero-order valence-electron chi connectivity index (χ0n) is 20.6. The Labute approximate surface area is 192 Å². The SMILES string of the molecule is C[C@]12CC[C@@H]3[C@@H](CCC4CCC(N5CCCCC5)=C[C@@]43C)[C@@H]1CC(N1CCCCC1)C2. The average molecular weight is 425 g/mol. The van der Waals surface area contributed by atoms with Crippen molar-refractivity contribution in [2.45, 2.75) is 110 Å². The Balaban J connectivity index is 1.24. The molecule has 174 valence electrons. The van der Waals surface area contributed by atoms with Gasteiger partial charge in [-0.2, -0.15) is 0 Å². The lowest BCUT2D eigenvalue weighted by molar-refractivity contribution is -0.0703. The monoisotopic (exact) mass is 424 g/mol. The summed E-state index contributed by atoms with van der Waals surface area (Å²) in [5, 5.41) is 0. The molecular formula is C29H48N2. The lowest BCUT2D eigenvalue weighted by Gasteiger charge is -2.59. The highest BCUT2D eigenvalue weighted by atomic mass is 15.2. The standard InChI is InChI=1S/C29H48N2/c1-28-14-13-26-25(27(28)19-24(20-28)31-17-7-4-8-18-31)12-10-22-9-11-23(21-29(22,26)2)30-15-5-3-6-16-30/h21-22,24-27H,3-20H2,1-2H3/t22?,24?,25-,26-,27+,28-,29+/m1/s1. The molecule has 0 N–H and O–H groups in total. The minimum atomic E-state index is 0.485. The predicted molar refractivity (Wildman–Crippen MR) is 130 cm³/mol. The van der Waals surface area contributed by atoms with Crippen LogP contribution >= 0.6 is 0 Å². The van der Waals surface area contributed by atoms with Crippen LogP contribution in [0.25, 0.3) is 0 Å². The van der Waals surface area contributed by atoms with Crippen molar-refractivity contribution in [3.63, 3.8) is 0 Å². The summed E-state index contributed by atoms with van der Waals surface area (Å²) in [5.41, 5.74) is 2.88. The van der Waals surface area contributed by atoms with Crippen molar-refractivity contribution in [2.75, 3.05) is 26.2 Å². The van der Waals surface area contributed by atoms with Gasteiger partial charge in [0, 0.05) is 24.8 Å². The van der Waals surface area contributed by atoms with Crippen molar-refractivity contribution in [3.8, 4) is 0 Å². The summed E-state index contributed by atoms with van der Waals surface area (Å²) in [7, 11) is 0. The Morgan fingerprint density at radius 1 is 0.806 bits per heavy atom. The van der Waals surface area contributed by atoms with Gasteiger partial charge in [-0.15, -0.1) is 0 Å². The molecule has 6 rings (SSSR count). The predicted octanol–water partition coefficient (Wildman–Crippen LogP) is 6.86. The highest BCUT2D eigenvalue weighted by Gasteiger charge is 2.59. The molecule has 2 aliphatic heterocycles. The van der Waals surface area contributed by atoms with Crippen molar-refractivity contribution in [1.29, 1.82) is 0 Å². The Bertz CT molecular complexity index is 687. The van der Waals surface area contributed by atoms with Crippen LogP contribution in [-0.2, 0) is 0 Å². The molecule has 0 aromatic heterocycles. The molecule has 2 unspecified atom stereocenters. The molecule has 6 aliphatic rings. The number of piperidine rings is 2. The van der Waals surface area contributed by atoms with Gasteiger partial charge in [0.2, 0.25) is 0 Å². The third-order valence-electron chi connectivity index (χ3n) is 11.6. The van der Waals surface area contributed by atoms with Crippen LogP contribution in [0.15, 0.2) is 11.8 Å². The first-order valence-electron chi connectivity index (χ1n) is 14.3. The molecule has 7 atom stereocenters. The molecule has 3 saturated carbocycles. The molecule has 31 heavy (non-hydrogen) atoms. The fraction of sp³-hybridized carbons (Fsp3) is 0.931. The van der Waals surface area contributed by atoms with E-state index in [2.05, 4.69) is 29.7 Å². The van der Waals surface area contributed by atoms with E-state index in [4.69, 9.17) is 0 Å². The third-order valence-corrected chi connectivity index (χ3v) is 11.6. The van der Waals surface area contributed by atoms with E-state index < -0.39 is 0 Å². The second-order valence-corrected chi connectivity index (χ2v) is 13.1. The number of allylic oxidation sites excluding steroid dienone is 2. The quantitative estimate of drug-likeness (QED) is 0.477. The summed E-state index contributed by atoms with van der Waals surface area (Å²) < 4.78 is 0. The van der Waals surface area contributed by atoms with Crippen molar-refractivity contribution < 1.29 is 0 Å². The molecular weight excluding hydrogens is 376 g/mol. The van der Waals surface area contributed by atoms with E-state index in [0.717, 1.165) is 29.7 Å². The van der Waals surface area contributed by atoms with Crippen LogP contribution in [0, 0.1) is 34.5 Å². The Hall–Kier alpha value is -0.500. The summed E-state index contributed by atoms with van der Waals surface area (Å²) in [5.74, 6) is 3.94. The van der Waals surface area contributed by atoms with Crippen LogP contribution in [-0.4, -0.2) is 42.0 Å². The molecule has 0 spiro atoms. The van der Waals surface area contributed by atoms with Crippen molar-refractivity contribution in [2.24, 2.45) is 34.5 Å². The number of hydrogen-bond acceptors (Lipinski definition) is 2. The normalized spacial score (nSPS) is 48.5. The Kier molecular flexibility index (Phi) is 5.48. The molecule has 2 heteroatoms. The van der Waals surface area contributed by atoms with Gasteiger partial charge < -0.3 is 9.80 Å². The van der Waals surface area contributed by atoms with Gasteiger partial charge in [0.25, 0.3) is 0 Å². The van der Waals surface area contributed by atoms with Gasteiger partial charge in [-0.1, -0.05) is 26.3 Å². The summed E-state index contributed by atoms with van der Waals surface area (Å²) in [6.45, 7) is 10.9. The number of nitrogens with zero attached hydrogens (tertiary/aromatic N) is 2. The van der Waals surface area contributed by atoms with Gasteiger partial charge in [-0.3, -0.25) is 0 Å². The van der Waals surface area contributed by atoms with Crippen LogP contribution < -0.4 is 0 Å². The first-order chi connectivity index (χ1) is 15.1. The maximum atomic E-state index is 2.92. The van der Waals surface area contributed by atoms with E-state index >= 15 is 0 Å². The topological polar surface area (TPSA) is 6.48 Å².